The number of imidazole rings is 1. The lowest BCUT2D eigenvalue weighted by Gasteiger charge is -2.06. The summed E-state index contributed by atoms with van der Waals surface area (Å²) in [6.45, 7) is 0. The van der Waals surface area contributed by atoms with Crippen LogP contribution in [-0.2, 0) is 0 Å². The molecular formula is C10H7ClIN3O2. The number of rotatable bonds is 2. The maximum atomic E-state index is 11.7. The van der Waals surface area contributed by atoms with Gasteiger partial charge in [-0.15, -0.1) is 0 Å². The van der Waals surface area contributed by atoms with Gasteiger partial charge in [0, 0.05) is 14.8 Å². The molecule has 0 atom stereocenters. The number of hydrogen-bond acceptors (Lipinski definition) is 2. The second-order valence-corrected chi connectivity index (χ2v) is 4.83. The van der Waals surface area contributed by atoms with Crippen LogP contribution in [0.5, 0.6) is 0 Å². The summed E-state index contributed by atoms with van der Waals surface area (Å²) in [4.78, 5) is 27.3. The maximum absolute atomic E-state index is 11.7. The number of halogens is 2. The van der Waals surface area contributed by atoms with Crippen molar-refractivity contribution in [2.45, 2.75) is 0 Å². The van der Waals surface area contributed by atoms with E-state index in [1.807, 2.05) is 0 Å². The Morgan fingerprint density at radius 3 is 2.76 bits per heavy atom. The normalized spacial score (nSPS) is 10.2. The zero-order valence-electron chi connectivity index (χ0n) is 8.38. The number of aromatic nitrogens is 2. The van der Waals surface area contributed by atoms with Gasteiger partial charge < -0.3 is 15.3 Å². The van der Waals surface area contributed by atoms with Crippen LogP contribution in [0.1, 0.15) is 10.5 Å². The zero-order chi connectivity index (χ0) is 12.4. The summed E-state index contributed by atoms with van der Waals surface area (Å²) < 4.78 is 0.821. The molecule has 0 spiro atoms. The van der Waals surface area contributed by atoms with E-state index in [4.69, 9.17) is 11.6 Å². The Morgan fingerprint density at radius 1 is 1.41 bits per heavy atom. The summed E-state index contributed by atoms with van der Waals surface area (Å²) in [5.74, 6) is -0.386. The third kappa shape index (κ3) is 2.89. The molecule has 0 unspecified atom stereocenters. The summed E-state index contributed by atoms with van der Waals surface area (Å²) in [5, 5.41) is 3.27. The van der Waals surface area contributed by atoms with Gasteiger partial charge in [-0.05, 0) is 40.8 Å². The monoisotopic (exact) mass is 363 g/mol. The van der Waals surface area contributed by atoms with E-state index in [2.05, 4.69) is 37.9 Å². The van der Waals surface area contributed by atoms with Crippen LogP contribution in [0.4, 0.5) is 5.69 Å². The van der Waals surface area contributed by atoms with E-state index in [1.165, 1.54) is 6.20 Å². The lowest BCUT2D eigenvalue weighted by atomic mass is 10.3. The van der Waals surface area contributed by atoms with Crippen molar-refractivity contribution in [3.63, 3.8) is 0 Å². The molecule has 3 N–H and O–H groups in total. The molecule has 0 aliphatic carbocycles. The Bertz CT molecular complexity index is 620. The number of carbonyl (C=O) groups is 1. The number of anilines is 1. The first-order valence-corrected chi connectivity index (χ1v) is 6.06. The van der Waals surface area contributed by atoms with Crippen LogP contribution in [0.25, 0.3) is 0 Å². The molecular weight excluding hydrogens is 356 g/mol. The standard InChI is InChI=1S/C10H7ClIN3O2/c11-5-1-2-7(6(12)3-5)14-9(16)8-4-13-10(17)15-8/h1-4H,(H,14,16)(H2,13,15,17). The van der Waals surface area contributed by atoms with Gasteiger partial charge >= 0.3 is 5.69 Å². The molecule has 0 fully saturated rings. The fourth-order valence-electron chi connectivity index (χ4n) is 1.24. The Hall–Kier alpha value is -1.28. The van der Waals surface area contributed by atoms with Gasteiger partial charge in [-0.3, -0.25) is 4.79 Å². The van der Waals surface area contributed by atoms with Crippen LogP contribution in [0.2, 0.25) is 5.02 Å². The molecule has 17 heavy (non-hydrogen) atoms. The first kappa shape index (κ1) is 12.2. The van der Waals surface area contributed by atoms with Gasteiger partial charge in [0.1, 0.15) is 5.69 Å². The number of nitrogens with one attached hydrogen (secondary N) is 3. The van der Waals surface area contributed by atoms with Crippen molar-refractivity contribution in [1.29, 1.82) is 0 Å². The van der Waals surface area contributed by atoms with E-state index < -0.39 is 5.69 Å². The van der Waals surface area contributed by atoms with E-state index in [0.717, 1.165) is 3.57 Å². The Balaban J connectivity index is 2.21. The van der Waals surface area contributed by atoms with Gasteiger partial charge in [0.15, 0.2) is 0 Å². The number of benzene rings is 1. The van der Waals surface area contributed by atoms with Crippen molar-refractivity contribution in [2.24, 2.45) is 0 Å². The maximum Gasteiger partial charge on any atom is 0.323 e. The van der Waals surface area contributed by atoms with Gasteiger partial charge in [0.25, 0.3) is 5.91 Å². The molecule has 1 heterocycles. The van der Waals surface area contributed by atoms with Crippen molar-refractivity contribution in [1.82, 2.24) is 9.97 Å². The van der Waals surface area contributed by atoms with Gasteiger partial charge in [-0.1, -0.05) is 11.6 Å². The first-order chi connectivity index (χ1) is 8.06. The van der Waals surface area contributed by atoms with Crippen LogP contribution < -0.4 is 11.0 Å². The number of aromatic amines is 2. The summed E-state index contributed by atoms with van der Waals surface area (Å²) in [6, 6.07) is 5.11. The zero-order valence-corrected chi connectivity index (χ0v) is 11.3. The van der Waals surface area contributed by atoms with Crippen LogP contribution in [0.15, 0.2) is 29.2 Å². The molecule has 7 heteroatoms. The fraction of sp³-hybridized carbons (Fsp3) is 0. The number of amides is 1. The van der Waals surface area contributed by atoms with Gasteiger partial charge in [-0.2, -0.15) is 0 Å². The van der Waals surface area contributed by atoms with E-state index in [1.54, 1.807) is 18.2 Å². The second kappa shape index (κ2) is 4.92. The molecule has 0 bridgehead atoms. The molecule has 2 rings (SSSR count). The van der Waals surface area contributed by atoms with Crippen LogP contribution in [0, 0.1) is 3.57 Å². The molecule has 0 aliphatic rings. The predicted octanol–water partition coefficient (Wildman–Crippen LogP) is 2.21. The minimum Gasteiger partial charge on any atom is -0.320 e. The molecule has 0 saturated heterocycles. The van der Waals surface area contributed by atoms with Gasteiger partial charge in [0.2, 0.25) is 0 Å². The predicted molar refractivity (Wildman–Crippen MR) is 73.5 cm³/mol. The molecule has 88 valence electrons. The molecule has 1 aromatic heterocycles. The molecule has 0 radical (unpaired) electrons. The molecule has 0 saturated carbocycles. The van der Waals surface area contributed by atoms with Crippen molar-refractivity contribution < 1.29 is 4.79 Å². The van der Waals surface area contributed by atoms with Crippen molar-refractivity contribution in [3.8, 4) is 0 Å². The Labute approximate surface area is 115 Å². The second-order valence-electron chi connectivity index (χ2n) is 3.23. The van der Waals surface area contributed by atoms with Gasteiger partial charge in [0.05, 0.1) is 5.69 Å². The quantitative estimate of drug-likeness (QED) is 0.716. The van der Waals surface area contributed by atoms with Crippen molar-refractivity contribution in [2.75, 3.05) is 5.32 Å². The Morgan fingerprint density at radius 2 is 2.18 bits per heavy atom. The minimum atomic E-state index is -0.416. The van der Waals surface area contributed by atoms with Crippen LogP contribution in [-0.4, -0.2) is 15.9 Å². The number of H-pyrrole nitrogens is 2. The van der Waals surface area contributed by atoms with E-state index >= 15 is 0 Å². The van der Waals surface area contributed by atoms with E-state index in [9.17, 15) is 9.59 Å². The summed E-state index contributed by atoms with van der Waals surface area (Å²) in [5.41, 5.74) is 0.406. The fourth-order valence-corrected chi connectivity index (χ4v) is 2.24. The molecule has 5 nitrogen and oxygen atoms in total. The molecule has 1 amide bonds. The average Bonchev–Trinajstić information content (AvgIpc) is 2.69. The highest BCUT2D eigenvalue weighted by Gasteiger charge is 2.10. The largest absolute Gasteiger partial charge is 0.323 e. The highest BCUT2D eigenvalue weighted by atomic mass is 127. The third-order valence-corrected chi connectivity index (χ3v) is 3.15. The summed E-state index contributed by atoms with van der Waals surface area (Å²) in [6.07, 6.45) is 1.32. The summed E-state index contributed by atoms with van der Waals surface area (Å²) >= 11 is 7.87. The molecule has 2 aromatic rings. The molecule has 1 aromatic carbocycles. The summed E-state index contributed by atoms with van der Waals surface area (Å²) in [7, 11) is 0. The topological polar surface area (TPSA) is 77.8 Å². The van der Waals surface area contributed by atoms with Crippen LogP contribution in [0.3, 0.4) is 0 Å². The van der Waals surface area contributed by atoms with Crippen molar-refractivity contribution in [3.05, 3.63) is 49.2 Å². The van der Waals surface area contributed by atoms with Gasteiger partial charge in [-0.25, -0.2) is 4.79 Å². The average molecular weight is 364 g/mol. The minimum absolute atomic E-state index is 0.181. The van der Waals surface area contributed by atoms with Crippen molar-refractivity contribution >= 4 is 45.8 Å². The molecule has 0 aliphatic heterocycles. The SMILES string of the molecule is O=C(Nc1ccc(Cl)cc1I)c1c[nH]c(=O)[nH]1. The first-order valence-electron chi connectivity index (χ1n) is 4.60. The third-order valence-electron chi connectivity index (χ3n) is 2.02. The smallest absolute Gasteiger partial charge is 0.320 e. The lowest BCUT2D eigenvalue weighted by molar-refractivity contribution is 0.102. The van der Waals surface area contributed by atoms with E-state index in [0.29, 0.717) is 10.7 Å². The Kier molecular flexibility index (Phi) is 3.53. The highest BCUT2D eigenvalue weighted by molar-refractivity contribution is 14.1. The number of hydrogen-bond donors (Lipinski definition) is 3. The highest BCUT2D eigenvalue weighted by Crippen LogP contribution is 2.22. The number of carbonyl (C=O) groups excluding carboxylic acids is 1. The van der Waals surface area contributed by atoms with Crippen LogP contribution >= 0.6 is 34.2 Å². The lowest BCUT2D eigenvalue weighted by Crippen LogP contribution is -2.14. The van der Waals surface area contributed by atoms with E-state index in [-0.39, 0.29) is 11.6 Å².